The van der Waals surface area contributed by atoms with Gasteiger partial charge in [0.15, 0.2) is 0 Å². The molecule has 1 saturated heterocycles. The normalized spacial score (nSPS) is 18.8. The van der Waals surface area contributed by atoms with Crippen LogP contribution in [0.2, 0.25) is 0 Å². The third-order valence-corrected chi connectivity index (χ3v) is 3.91. The second-order valence-corrected chi connectivity index (χ2v) is 5.79. The lowest BCUT2D eigenvalue weighted by Gasteiger charge is -2.24. The molecule has 0 aliphatic carbocycles. The number of anilines is 1. The summed E-state index contributed by atoms with van der Waals surface area (Å²) in [6, 6.07) is 8.00. The molecule has 0 radical (unpaired) electrons. The Labute approximate surface area is 120 Å². The van der Waals surface area contributed by atoms with Crippen LogP contribution in [0.5, 0.6) is 0 Å². The van der Waals surface area contributed by atoms with Crippen molar-refractivity contribution in [1.29, 1.82) is 0 Å². The monoisotopic (exact) mass is 274 g/mol. The maximum Gasteiger partial charge on any atom is 0.227 e. The molecule has 1 aliphatic heterocycles. The molecule has 0 unspecified atom stereocenters. The zero-order chi connectivity index (χ0) is 14.9. The second kappa shape index (κ2) is 5.65. The van der Waals surface area contributed by atoms with E-state index in [1.807, 2.05) is 45.0 Å². The molecular weight excluding hydrogens is 252 g/mol. The lowest BCUT2D eigenvalue weighted by molar-refractivity contribution is -0.135. The first-order chi connectivity index (χ1) is 9.40. The van der Waals surface area contributed by atoms with E-state index in [-0.39, 0.29) is 23.8 Å². The molecule has 0 saturated carbocycles. The number of nitrogens with zero attached hydrogens (tertiary/aromatic N) is 2. The summed E-state index contributed by atoms with van der Waals surface area (Å²) in [6.45, 7) is 6.44. The zero-order valence-electron chi connectivity index (χ0n) is 12.6. The summed E-state index contributed by atoms with van der Waals surface area (Å²) in [6.07, 6.45) is 0.309. The minimum atomic E-state index is -0.226. The van der Waals surface area contributed by atoms with E-state index in [2.05, 4.69) is 0 Å². The van der Waals surface area contributed by atoms with Gasteiger partial charge in [0, 0.05) is 31.7 Å². The molecule has 1 aromatic carbocycles. The second-order valence-electron chi connectivity index (χ2n) is 5.79. The van der Waals surface area contributed by atoms with Crippen LogP contribution >= 0.6 is 0 Å². The van der Waals surface area contributed by atoms with Crippen LogP contribution in [0.25, 0.3) is 0 Å². The number of hydrogen-bond acceptors (Lipinski definition) is 2. The fraction of sp³-hybridized carbons (Fsp3) is 0.500. The zero-order valence-corrected chi connectivity index (χ0v) is 12.6. The molecule has 20 heavy (non-hydrogen) atoms. The predicted molar refractivity (Wildman–Crippen MR) is 79.5 cm³/mol. The maximum atomic E-state index is 12.3. The summed E-state index contributed by atoms with van der Waals surface area (Å²) in [4.78, 5) is 27.9. The highest BCUT2D eigenvalue weighted by Gasteiger charge is 2.36. The summed E-state index contributed by atoms with van der Waals surface area (Å²) in [5.74, 6) is -0.134. The first-order valence-corrected chi connectivity index (χ1v) is 7.04. The third kappa shape index (κ3) is 2.84. The minimum absolute atomic E-state index is 0.0334. The van der Waals surface area contributed by atoms with Crippen LogP contribution in [0.15, 0.2) is 24.3 Å². The predicted octanol–water partition coefficient (Wildman–Crippen LogP) is 2.21. The van der Waals surface area contributed by atoms with Crippen LogP contribution in [0.1, 0.15) is 25.8 Å². The van der Waals surface area contributed by atoms with E-state index in [1.54, 1.807) is 16.8 Å². The van der Waals surface area contributed by atoms with Crippen molar-refractivity contribution in [3.05, 3.63) is 29.8 Å². The SMILES string of the molecule is Cc1cccc(N2C[C@@H](C(=O)N(C)C(C)C)CC2=O)c1. The van der Waals surface area contributed by atoms with E-state index in [0.29, 0.717) is 13.0 Å². The Morgan fingerprint density at radius 2 is 2.10 bits per heavy atom. The first-order valence-electron chi connectivity index (χ1n) is 7.04. The van der Waals surface area contributed by atoms with E-state index in [1.165, 1.54) is 0 Å². The highest BCUT2D eigenvalue weighted by molar-refractivity contribution is 6.00. The molecule has 2 amide bonds. The Bertz CT molecular complexity index is 525. The molecule has 4 heteroatoms. The topological polar surface area (TPSA) is 40.6 Å². The van der Waals surface area contributed by atoms with Gasteiger partial charge in [-0.3, -0.25) is 9.59 Å². The molecule has 1 atom stereocenters. The van der Waals surface area contributed by atoms with Crippen LogP contribution in [-0.2, 0) is 9.59 Å². The summed E-state index contributed by atoms with van der Waals surface area (Å²) >= 11 is 0. The van der Waals surface area contributed by atoms with Gasteiger partial charge in [-0.1, -0.05) is 12.1 Å². The van der Waals surface area contributed by atoms with Crippen molar-refractivity contribution < 1.29 is 9.59 Å². The van der Waals surface area contributed by atoms with Gasteiger partial charge < -0.3 is 9.80 Å². The molecular formula is C16H22N2O2. The van der Waals surface area contributed by atoms with Crippen molar-refractivity contribution in [3.63, 3.8) is 0 Å². The van der Waals surface area contributed by atoms with Gasteiger partial charge in [-0.15, -0.1) is 0 Å². The molecule has 2 rings (SSSR count). The van der Waals surface area contributed by atoms with E-state index in [0.717, 1.165) is 11.3 Å². The lowest BCUT2D eigenvalue weighted by atomic mass is 10.1. The third-order valence-electron chi connectivity index (χ3n) is 3.91. The van der Waals surface area contributed by atoms with Gasteiger partial charge in [0.2, 0.25) is 11.8 Å². The Kier molecular flexibility index (Phi) is 4.12. The first kappa shape index (κ1) is 14.6. The van der Waals surface area contributed by atoms with Gasteiger partial charge >= 0.3 is 0 Å². The van der Waals surface area contributed by atoms with Crippen molar-refractivity contribution >= 4 is 17.5 Å². The van der Waals surface area contributed by atoms with Crippen molar-refractivity contribution in [3.8, 4) is 0 Å². The maximum absolute atomic E-state index is 12.3. The number of rotatable bonds is 3. The minimum Gasteiger partial charge on any atom is -0.343 e. The van der Waals surface area contributed by atoms with E-state index < -0.39 is 0 Å². The quantitative estimate of drug-likeness (QED) is 0.848. The van der Waals surface area contributed by atoms with E-state index in [9.17, 15) is 9.59 Å². The molecule has 1 fully saturated rings. The molecule has 0 N–H and O–H groups in total. The molecule has 0 spiro atoms. The summed E-state index contributed by atoms with van der Waals surface area (Å²) < 4.78 is 0. The highest BCUT2D eigenvalue weighted by atomic mass is 16.2. The Hall–Kier alpha value is -1.84. The number of amides is 2. The summed E-state index contributed by atoms with van der Waals surface area (Å²) in [5, 5.41) is 0. The number of aryl methyl sites for hydroxylation is 1. The number of benzene rings is 1. The van der Waals surface area contributed by atoms with Gasteiger partial charge in [-0.05, 0) is 38.5 Å². The van der Waals surface area contributed by atoms with Gasteiger partial charge in [-0.25, -0.2) is 0 Å². The van der Waals surface area contributed by atoms with Crippen LogP contribution in [0.4, 0.5) is 5.69 Å². The summed E-state index contributed by atoms with van der Waals surface area (Å²) in [7, 11) is 1.80. The fourth-order valence-electron chi connectivity index (χ4n) is 2.46. The molecule has 1 aromatic rings. The van der Waals surface area contributed by atoms with Crippen LogP contribution < -0.4 is 4.90 Å². The van der Waals surface area contributed by atoms with Crippen LogP contribution in [0, 0.1) is 12.8 Å². The van der Waals surface area contributed by atoms with Crippen LogP contribution in [-0.4, -0.2) is 36.3 Å². The Morgan fingerprint density at radius 1 is 1.40 bits per heavy atom. The van der Waals surface area contributed by atoms with Gasteiger partial charge in [0.1, 0.15) is 0 Å². The molecule has 1 aliphatic rings. The van der Waals surface area contributed by atoms with Crippen LogP contribution in [0.3, 0.4) is 0 Å². The van der Waals surface area contributed by atoms with Crippen molar-refractivity contribution in [2.24, 2.45) is 5.92 Å². The Balaban J connectivity index is 2.13. The van der Waals surface area contributed by atoms with E-state index >= 15 is 0 Å². The molecule has 1 heterocycles. The summed E-state index contributed by atoms with van der Waals surface area (Å²) in [5.41, 5.74) is 2.00. The molecule has 4 nitrogen and oxygen atoms in total. The number of carbonyl (C=O) groups excluding carboxylic acids is 2. The molecule has 0 bridgehead atoms. The van der Waals surface area contributed by atoms with Crippen molar-refractivity contribution in [2.45, 2.75) is 33.2 Å². The van der Waals surface area contributed by atoms with Gasteiger partial charge in [0.05, 0.1) is 5.92 Å². The standard InChI is InChI=1S/C16H22N2O2/c1-11(2)17(4)16(20)13-9-15(19)18(10-13)14-7-5-6-12(3)8-14/h5-8,11,13H,9-10H2,1-4H3/t13-/m0/s1. The van der Waals surface area contributed by atoms with Gasteiger partial charge in [0.25, 0.3) is 0 Å². The average molecular weight is 274 g/mol. The lowest BCUT2D eigenvalue weighted by Crippen LogP contribution is -2.38. The highest BCUT2D eigenvalue weighted by Crippen LogP contribution is 2.27. The molecule has 108 valence electrons. The van der Waals surface area contributed by atoms with Crippen molar-refractivity contribution in [2.75, 3.05) is 18.5 Å². The average Bonchev–Trinajstić information content (AvgIpc) is 2.79. The van der Waals surface area contributed by atoms with Gasteiger partial charge in [-0.2, -0.15) is 0 Å². The fourth-order valence-corrected chi connectivity index (χ4v) is 2.46. The smallest absolute Gasteiger partial charge is 0.227 e. The largest absolute Gasteiger partial charge is 0.343 e. The number of hydrogen-bond donors (Lipinski definition) is 0. The molecule has 0 aromatic heterocycles. The van der Waals surface area contributed by atoms with Crippen molar-refractivity contribution in [1.82, 2.24) is 4.90 Å². The Morgan fingerprint density at radius 3 is 2.70 bits per heavy atom. The number of carbonyl (C=O) groups is 2. The van der Waals surface area contributed by atoms with E-state index in [4.69, 9.17) is 0 Å².